The van der Waals surface area contributed by atoms with E-state index in [2.05, 4.69) is 81.1 Å². The number of hydrogen-bond donors (Lipinski definition) is 0. The molecule has 0 aromatic carbocycles. The van der Waals surface area contributed by atoms with Crippen LogP contribution in [0, 0.1) is 22.7 Å². The normalized spacial score (nSPS) is 21.1. The molecule has 0 N–H and O–H groups in total. The molecule has 8 fully saturated rings. The molecular formula is C92H120O48. The van der Waals surface area contributed by atoms with E-state index in [0.29, 0.717) is 25.7 Å². The molecule has 8 rings (SSSR count). The molecule has 776 valence electrons. The summed E-state index contributed by atoms with van der Waals surface area (Å²) in [6.07, 6.45) is -2.66. The van der Waals surface area contributed by atoms with Crippen molar-refractivity contribution < 1.29 is 229 Å². The molecule has 8 aliphatic heterocycles. The van der Waals surface area contributed by atoms with Crippen molar-refractivity contribution in [3.63, 3.8) is 0 Å². The second kappa shape index (κ2) is 64.3. The van der Waals surface area contributed by atoms with E-state index >= 15 is 0 Å². The molecule has 12 unspecified atom stereocenters. The van der Waals surface area contributed by atoms with Crippen LogP contribution in [0.5, 0.6) is 0 Å². The van der Waals surface area contributed by atoms with E-state index < -0.39 is 203 Å². The van der Waals surface area contributed by atoms with Gasteiger partial charge in [0, 0.05) is 94.9 Å². The number of cyclic esters (lactones) is 8. The molecule has 0 radical (unpaired) electrons. The third kappa shape index (κ3) is 50.3. The predicted molar refractivity (Wildman–Crippen MR) is 465 cm³/mol. The van der Waals surface area contributed by atoms with E-state index in [1.54, 1.807) is 55.4 Å². The van der Waals surface area contributed by atoms with Crippen molar-refractivity contribution in [1.82, 2.24) is 0 Å². The summed E-state index contributed by atoms with van der Waals surface area (Å²) >= 11 is 0. The molecule has 48 nitrogen and oxygen atoms in total. The maximum Gasteiger partial charge on any atom is 0.348 e. The minimum atomic E-state index is -0.906. The lowest BCUT2D eigenvalue weighted by atomic mass is 9.90. The monoisotopic (exact) mass is 1990 g/mol. The number of rotatable bonds is 40. The van der Waals surface area contributed by atoms with Gasteiger partial charge in [-0.1, -0.05) is 94.2 Å². The van der Waals surface area contributed by atoms with E-state index in [9.17, 15) is 115 Å². The average Bonchev–Trinajstić information content (AvgIpc) is 1.67. The van der Waals surface area contributed by atoms with Gasteiger partial charge in [-0.25, -0.2) is 76.7 Å². The summed E-state index contributed by atoms with van der Waals surface area (Å²) in [5, 5.41) is 0. The molecule has 8 heterocycles. The maximum atomic E-state index is 11.5. The zero-order valence-corrected chi connectivity index (χ0v) is 79.9. The SMILES string of the molecule is C=C(C)C(=O)OCCC(=O)OC1C(=O)OCC1(C)C.C=C(C)C(=O)OCCC(=O)OC1C(=O)OCC1C.C=C(C)C(=O)OCCC(=O)OC1CC(C)OC1=O.C=C(C)C(=O)OCCC(=O)OC1CCOC1=O.C=CC(=O)OCCC(=O)OC1C(=O)OCC1(C)C.C=CC(=O)OCCC(=O)OC1C(=O)OCC1C.C=CC(=O)OCCC(=O)OC1CC(C)OC1=O.C=CC(=O)OCCC(=O)OC1CCOC1=O. The van der Waals surface area contributed by atoms with Crippen LogP contribution >= 0.6 is 0 Å². The highest BCUT2D eigenvalue weighted by Gasteiger charge is 2.48. The van der Waals surface area contributed by atoms with Crippen molar-refractivity contribution in [3.05, 3.63) is 99.2 Å². The molecule has 8 saturated heterocycles. The van der Waals surface area contributed by atoms with E-state index in [1.807, 2.05) is 0 Å². The Kier molecular flexibility index (Phi) is 56.6. The third-order valence-corrected chi connectivity index (χ3v) is 18.1. The van der Waals surface area contributed by atoms with Gasteiger partial charge in [-0.15, -0.1) is 0 Å². The van der Waals surface area contributed by atoms with Gasteiger partial charge in [0.25, 0.3) is 0 Å². The van der Waals surface area contributed by atoms with Crippen LogP contribution in [-0.2, 0) is 229 Å². The lowest BCUT2D eigenvalue weighted by molar-refractivity contribution is -0.164. The predicted octanol–water partition coefficient (Wildman–Crippen LogP) is 3.82. The minimum absolute atomic E-state index is 0.0910. The molecule has 140 heavy (non-hydrogen) atoms. The standard InChI is InChI=1S/C13H18O6.3C12H16O6.3C11H14O6.C10H12O6/c1-8(2)11(15)17-6-5-9(14)19-10-12(16)18-7-13(10,3)4;1-7(2)11(14)16-5-4-10(13)18-9-6-8(3)17-12(9)15;1-7(2)11(14)16-5-4-9(13)18-10-8(3)6-17-12(10)15;1-4-8(13)16-6-5-9(14)18-10-11(15)17-7-12(10,2)3;1-7(2)10(13)15-6-4-9(12)17-8-3-5-16-11(8)14;1-3-9(12)15-5-4-10(13)17-8-6-7(2)16-11(8)14;1-3-8(12)15-5-4-9(13)17-10-7(2)6-16-11(10)14;1-2-8(11)14-6-4-9(12)16-7-3-5-15-10(7)13/h10H,1,5-7H2,2-4H3;8-9H,1,4-6H2,2-3H3;8,10H,1,4-6H2,2-3H3;4,10H,1,5-7H2,2-3H3;8H,1,3-6H2,2H3;3,7-8H,1,4-6H2,2H3;3,7,10H,1,4-6H2,2H3;2,7H,1,3-6H2. The number of ether oxygens (including phenoxy) is 24. The molecule has 12 atom stereocenters. The van der Waals surface area contributed by atoms with Crippen molar-refractivity contribution in [1.29, 1.82) is 0 Å². The number of hydrogen-bond acceptors (Lipinski definition) is 48. The second-order valence-electron chi connectivity index (χ2n) is 31.9. The Morgan fingerprint density at radius 2 is 0.529 bits per heavy atom. The highest BCUT2D eigenvalue weighted by atomic mass is 16.7. The Morgan fingerprint density at radius 3 is 0.714 bits per heavy atom. The zero-order chi connectivity index (χ0) is 106. The lowest BCUT2D eigenvalue weighted by Gasteiger charge is -2.21. The quantitative estimate of drug-likeness (QED) is 0.0478. The van der Waals surface area contributed by atoms with Crippen molar-refractivity contribution in [3.8, 4) is 0 Å². The van der Waals surface area contributed by atoms with E-state index in [0.717, 1.165) is 24.3 Å². The van der Waals surface area contributed by atoms with Gasteiger partial charge in [0.2, 0.25) is 48.8 Å². The molecule has 0 aromatic heterocycles. The van der Waals surface area contributed by atoms with Crippen LogP contribution in [-0.4, -0.2) is 297 Å². The Bertz CT molecular complexity index is 4510. The topological polar surface area (TPSA) is 631 Å². The number of carbonyl (C=O) groups is 24. The molecule has 0 aliphatic carbocycles. The zero-order valence-electron chi connectivity index (χ0n) is 79.9. The summed E-state index contributed by atoms with van der Waals surface area (Å²) in [6, 6.07) is 0. The van der Waals surface area contributed by atoms with Crippen LogP contribution in [0.2, 0.25) is 0 Å². The number of esters is 24. The molecule has 0 bridgehead atoms. The highest BCUT2D eigenvalue weighted by Crippen LogP contribution is 2.33. The number of carbonyl (C=O) groups excluding carboxylic acids is 24. The van der Waals surface area contributed by atoms with E-state index in [4.69, 9.17) is 85.3 Å². The molecule has 0 saturated carbocycles. The summed E-state index contributed by atoms with van der Waals surface area (Å²) in [5.74, 6) is -14.0. The van der Waals surface area contributed by atoms with Gasteiger partial charge in [-0.05, 0) is 41.5 Å². The molecular weight excluding hydrogens is 1870 g/mol. The van der Waals surface area contributed by atoms with Crippen LogP contribution in [0.25, 0.3) is 0 Å². The Hall–Kier alpha value is -14.8. The first kappa shape index (κ1) is 123. The second-order valence-corrected chi connectivity index (χ2v) is 31.9. The van der Waals surface area contributed by atoms with Gasteiger partial charge < -0.3 is 114 Å². The van der Waals surface area contributed by atoms with Crippen molar-refractivity contribution in [2.24, 2.45) is 22.7 Å². The van der Waals surface area contributed by atoms with Crippen LogP contribution in [0.1, 0.15) is 160 Å². The van der Waals surface area contributed by atoms with Gasteiger partial charge >= 0.3 is 143 Å². The van der Waals surface area contributed by atoms with Crippen LogP contribution in [0.15, 0.2) is 99.2 Å². The highest BCUT2D eigenvalue weighted by molar-refractivity contribution is 5.91. The molecule has 0 aromatic rings. The van der Waals surface area contributed by atoms with Crippen molar-refractivity contribution in [2.45, 2.75) is 221 Å². The Morgan fingerprint density at radius 1 is 0.300 bits per heavy atom. The van der Waals surface area contributed by atoms with Gasteiger partial charge in [0.15, 0.2) is 0 Å². The van der Waals surface area contributed by atoms with Crippen LogP contribution in [0.4, 0.5) is 0 Å². The summed E-state index contributed by atoms with van der Waals surface area (Å²) in [7, 11) is 0. The summed E-state index contributed by atoms with van der Waals surface area (Å²) in [4.78, 5) is 267. The first-order valence-electron chi connectivity index (χ1n) is 43.1. The Labute approximate surface area is 804 Å². The summed E-state index contributed by atoms with van der Waals surface area (Å²) in [6.45, 7) is 47.2. The minimum Gasteiger partial charge on any atom is -0.463 e. The molecule has 48 heteroatoms. The summed E-state index contributed by atoms with van der Waals surface area (Å²) < 4.78 is 115. The molecule has 0 spiro atoms. The first-order valence-corrected chi connectivity index (χ1v) is 43.1. The lowest BCUT2D eigenvalue weighted by Crippen LogP contribution is -2.35. The van der Waals surface area contributed by atoms with Gasteiger partial charge in [0.1, 0.15) is 78.3 Å². The van der Waals surface area contributed by atoms with E-state index in [-0.39, 0.29) is 190 Å². The average molecular weight is 1990 g/mol. The van der Waals surface area contributed by atoms with E-state index in [1.165, 1.54) is 27.7 Å². The maximum absolute atomic E-state index is 11.5. The third-order valence-electron chi connectivity index (χ3n) is 18.1. The fraction of sp³-hybridized carbons (Fsp3) is 0.565. The van der Waals surface area contributed by atoms with Crippen molar-refractivity contribution in [2.75, 3.05) is 92.5 Å². The smallest absolute Gasteiger partial charge is 0.348 e. The fourth-order valence-electron chi connectivity index (χ4n) is 10.5. The molecule has 8 aliphatic rings. The first-order chi connectivity index (χ1) is 65.6. The van der Waals surface area contributed by atoms with Gasteiger partial charge in [-0.3, -0.25) is 38.4 Å². The van der Waals surface area contributed by atoms with Gasteiger partial charge in [-0.2, -0.15) is 0 Å². The fourth-order valence-corrected chi connectivity index (χ4v) is 10.5. The molecule has 0 amide bonds. The largest absolute Gasteiger partial charge is 0.463 e. The van der Waals surface area contributed by atoms with Crippen molar-refractivity contribution >= 4 is 143 Å². The van der Waals surface area contributed by atoms with Crippen LogP contribution in [0.3, 0.4) is 0 Å². The van der Waals surface area contributed by atoms with Crippen LogP contribution < -0.4 is 0 Å². The van der Waals surface area contributed by atoms with Gasteiger partial charge in [0.05, 0.1) is 77.8 Å². The Balaban J connectivity index is 0.000000800. The summed E-state index contributed by atoms with van der Waals surface area (Å²) in [5.41, 5.74) is -0.0365.